The molecule has 15 nitrogen and oxygen atoms in total. The summed E-state index contributed by atoms with van der Waals surface area (Å²) in [6.45, 7) is 1.52. The standard InChI is InChI=1S/C25H23ClN6O9/c1-4-39-20(33)11-18-21(32(37)38)23(31(28)25(29-18)41-19-7-13(12-27)5-6-17(19)26)40-16-9-14(22(34)30(2)3)8-15(10-16)24(35)36/h5-10,25H,4,11,28H2,1-3H3,(H,35,36). The van der Waals surface area contributed by atoms with Gasteiger partial charge in [-0.2, -0.15) is 5.26 Å². The lowest BCUT2D eigenvalue weighted by molar-refractivity contribution is -0.420. The minimum Gasteiger partial charge on any atom is -0.478 e. The monoisotopic (exact) mass is 586 g/mol. The van der Waals surface area contributed by atoms with Crippen molar-refractivity contribution < 1.29 is 38.6 Å². The predicted molar refractivity (Wildman–Crippen MR) is 141 cm³/mol. The van der Waals surface area contributed by atoms with E-state index in [2.05, 4.69) is 4.99 Å². The normalized spacial score (nSPS) is 14.5. The Balaban J connectivity index is 2.17. The molecular formula is C25H23ClN6O9. The summed E-state index contributed by atoms with van der Waals surface area (Å²) in [4.78, 5) is 53.2. The summed E-state index contributed by atoms with van der Waals surface area (Å²) in [6, 6.07) is 9.27. The van der Waals surface area contributed by atoms with Gasteiger partial charge in [0.05, 0.1) is 40.2 Å². The van der Waals surface area contributed by atoms with Crippen LogP contribution >= 0.6 is 11.6 Å². The Morgan fingerprint density at radius 3 is 2.51 bits per heavy atom. The molecule has 2 aromatic rings. The molecule has 0 saturated carbocycles. The third-order valence-corrected chi connectivity index (χ3v) is 5.64. The molecular weight excluding hydrogens is 564 g/mol. The number of carbonyl (C=O) groups is 3. The van der Waals surface area contributed by atoms with Gasteiger partial charge in [-0.15, -0.1) is 0 Å². The first kappa shape index (κ1) is 30.3. The van der Waals surface area contributed by atoms with Crippen LogP contribution in [0.15, 0.2) is 53.0 Å². The first-order chi connectivity index (χ1) is 19.4. The number of carbonyl (C=O) groups excluding carboxylic acids is 2. The number of rotatable bonds is 10. The first-order valence-electron chi connectivity index (χ1n) is 11.7. The van der Waals surface area contributed by atoms with Crippen molar-refractivity contribution in [2.75, 3.05) is 20.7 Å². The van der Waals surface area contributed by atoms with Crippen molar-refractivity contribution in [1.82, 2.24) is 9.91 Å². The number of esters is 1. The number of aromatic carboxylic acids is 1. The molecule has 214 valence electrons. The minimum atomic E-state index is -1.62. The molecule has 3 N–H and O–H groups in total. The van der Waals surface area contributed by atoms with E-state index in [1.165, 1.54) is 37.2 Å². The van der Waals surface area contributed by atoms with Crippen molar-refractivity contribution in [3.63, 3.8) is 0 Å². The van der Waals surface area contributed by atoms with Crippen LogP contribution in [0.4, 0.5) is 0 Å². The van der Waals surface area contributed by atoms with E-state index in [1.54, 1.807) is 6.92 Å². The summed E-state index contributed by atoms with van der Waals surface area (Å²) in [5.74, 6) is 2.25. The number of allylic oxidation sites excluding steroid dienone is 1. The van der Waals surface area contributed by atoms with Crippen molar-refractivity contribution in [2.45, 2.75) is 19.7 Å². The molecule has 1 aliphatic heterocycles. The highest BCUT2D eigenvalue weighted by atomic mass is 35.5. The van der Waals surface area contributed by atoms with Gasteiger partial charge in [0.2, 0.25) is 0 Å². The van der Waals surface area contributed by atoms with Gasteiger partial charge in [-0.05, 0) is 43.3 Å². The van der Waals surface area contributed by atoms with Gasteiger partial charge in [0.15, 0.2) is 0 Å². The van der Waals surface area contributed by atoms with E-state index in [0.717, 1.165) is 18.2 Å². The van der Waals surface area contributed by atoms with Crippen LogP contribution < -0.4 is 15.3 Å². The number of hydrogen-bond acceptors (Lipinski definition) is 12. The van der Waals surface area contributed by atoms with Gasteiger partial charge < -0.3 is 24.2 Å². The molecule has 1 atom stereocenters. The number of nitriles is 1. The number of halogens is 1. The summed E-state index contributed by atoms with van der Waals surface area (Å²) in [6.07, 6.45) is -2.30. The topological polar surface area (TPSA) is 211 Å². The maximum atomic E-state index is 12.6. The highest BCUT2D eigenvalue weighted by Gasteiger charge is 2.41. The third kappa shape index (κ3) is 7.06. The summed E-state index contributed by atoms with van der Waals surface area (Å²) >= 11 is 6.19. The zero-order chi connectivity index (χ0) is 30.4. The second-order valence-corrected chi connectivity index (χ2v) is 8.84. The Hall–Kier alpha value is -5.20. The van der Waals surface area contributed by atoms with Crippen LogP contribution in [-0.2, 0) is 9.53 Å². The molecule has 16 heteroatoms. The number of nitrogens with two attached hydrogens (primary N) is 1. The van der Waals surface area contributed by atoms with Crippen molar-refractivity contribution in [2.24, 2.45) is 10.8 Å². The number of benzene rings is 2. The summed E-state index contributed by atoms with van der Waals surface area (Å²) in [5.41, 5.74) is -1.58. The molecule has 41 heavy (non-hydrogen) atoms. The number of amides is 1. The number of nitrogens with zero attached hydrogens (tertiary/aromatic N) is 5. The maximum absolute atomic E-state index is 12.6. The third-order valence-electron chi connectivity index (χ3n) is 5.33. The fourth-order valence-electron chi connectivity index (χ4n) is 3.50. The lowest BCUT2D eigenvalue weighted by Crippen LogP contribution is -2.49. The van der Waals surface area contributed by atoms with Gasteiger partial charge in [-0.25, -0.2) is 20.6 Å². The summed E-state index contributed by atoms with van der Waals surface area (Å²) in [5, 5.41) is 31.6. The fraction of sp³-hybridized carbons (Fsp3) is 0.240. The Kier molecular flexibility index (Phi) is 9.45. The molecule has 0 spiro atoms. The molecule has 0 saturated heterocycles. The SMILES string of the molecule is CCOC(=O)CC1=NC(Oc2cc(C#N)ccc2Cl)N(N)C(Oc2cc(C(=O)O)cc(C(=O)N(C)C)c2)=C1[N+](=O)[O-]. The van der Waals surface area contributed by atoms with Crippen LogP contribution in [0, 0.1) is 21.4 Å². The Bertz CT molecular complexity index is 1520. The van der Waals surface area contributed by atoms with Crippen molar-refractivity contribution >= 4 is 35.2 Å². The Labute approximate surface area is 237 Å². The quantitative estimate of drug-likeness (QED) is 0.178. The molecule has 1 unspecified atom stereocenters. The second-order valence-electron chi connectivity index (χ2n) is 8.43. The van der Waals surface area contributed by atoms with Gasteiger partial charge in [-0.3, -0.25) is 19.7 Å². The van der Waals surface area contributed by atoms with Crippen molar-refractivity contribution in [3.8, 4) is 17.6 Å². The van der Waals surface area contributed by atoms with Gasteiger partial charge >= 0.3 is 17.6 Å². The zero-order valence-electron chi connectivity index (χ0n) is 21.9. The zero-order valence-corrected chi connectivity index (χ0v) is 22.6. The van der Waals surface area contributed by atoms with Crippen molar-refractivity contribution in [1.29, 1.82) is 5.26 Å². The Morgan fingerprint density at radius 1 is 1.24 bits per heavy atom. The largest absolute Gasteiger partial charge is 0.478 e. The summed E-state index contributed by atoms with van der Waals surface area (Å²) < 4.78 is 16.4. The lowest BCUT2D eigenvalue weighted by atomic mass is 10.1. The van der Waals surface area contributed by atoms with E-state index in [4.69, 9.17) is 31.7 Å². The van der Waals surface area contributed by atoms with E-state index in [0.29, 0.717) is 5.01 Å². The van der Waals surface area contributed by atoms with Gasteiger partial charge in [0.1, 0.15) is 17.2 Å². The average Bonchev–Trinajstić information content (AvgIpc) is 2.91. The van der Waals surface area contributed by atoms with Crippen LogP contribution in [0.5, 0.6) is 11.5 Å². The van der Waals surface area contributed by atoms with E-state index < -0.39 is 52.8 Å². The van der Waals surface area contributed by atoms with E-state index >= 15 is 0 Å². The Morgan fingerprint density at radius 2 is 1.93 bits per heavy atom. The number of carboxylic acid groups (broad SMARTS) is 1. The highest BCUT2D eigenvalue weighted by molar-refractivity contribution is 6.32. The van der Waals surface area contributed by atoms with Crippen LogP contribution in [-0.4, -0.2) is 70.6 Å². The molecule has 1 amide bonds. The van der Waals surface area contributed by atoms with E-state index in [-0.39, 0.29) is 39.8 Å². The van der Waals surface area contributed by atoms with Crippen LogP contribution in [0.3, 0.4) is 0 Å². The molecule has 0 fully saturated rings. The first-order valence-corrected chi connectivity index (χ1v) is 12.0. The van der Waals surface area contributed by atoms with Crippen LogP contribution in [0.2, 0.25) is 5.02 Å². The minimum absolute atomic E-state index is 0.0167. The molecule has 0 aromatic heterocycles. The second kappa shape index (κ2) is 12.8. The highest BCUT2D eigenvalue weighted by Crippen LogP contribution is 2.31. The van der Waals surface area contributed by atoms with Gasteiger partial charge in [0, 0.05) is 19.7 Å². The number of nitro groups is 1. The molecule has 0 radical (unpaired) electrons. The maximum Gasteiger partial charge on any atom is 0.352 e. The molecule has 0 aliphatic carbocycles. The molecule has 0 bridgehead atoms. The molecule has 1 heterocycles. The van der Waals surface area contributed by atoms with E-state index in [9.17, 15) is 34.9 Å². The van der Waals surface area contributed by atoms with Gasteiger partial charge in [0.25, 0.3) is 18.1 Å². The molecule has 1 aliphatic rings. The van der Waals surface area contributed by atoms with Gasteiger partial charge in [-0.1, -0.05) is 11.6 Å². The number of aliphatic imine (C=N–C) groups is 1. The fourth-order valence-corrected chi connectivity index (χ4v) is 3.66. The average molecular weight is 587 g/mol. The summed E-state index contributed by atoms with van der Waals surface area (Å²) in [7, 11) is 2.89. The molecule has 3 rings (SSSR count). The number of hydrazine groups is 1. The lowest BCUT2D eigenvalue weighted by Gasteiger charge is -2.31. The number of carboxylic acids is 1. The predicted octanol–water partition coefficient (Wildman–Crippen LogP) is 2.38. The number of ether oxygens (including phenoxy) is 3. The van der Waals surface area contributed by atoms with Crippen LogP contribution in [0.25, 0.3) is 0 Å². The smallest absolute Gasteiger partial charge is 0.352 e. The van der Waals surface area contributed by atoms with Crippen LogP contribution in [0.1, 0.15) is 39.6 Å². The van der Waals surface area contributed by atoms with Crippen molar-refractivity contribution in [3.05, 3.63) is 79.8 Å². The van der Waals surface area contributed by atoms with E-state index in [1.807, 2.05) is 6.07 Å². The number of hydrogen-bond donors (Lipinski definition) is 2. The molecule has 2 aromatic carbocycles.